The summed E-state index contributed by atoms with van der Waals surface area (Å²) >= 11 is 0. The maximum Gasteiger partial charge on any atom is 0.311 e. The predicted molar refractivity (Wildman–Crippen MR) is 85.5 cm³/mol. The summed E-state index contributed by atoms with van der Waals surface area (Å²) in [6, 6.07) is 8.66. The number of hydrogen-bond donors (Lipinski definition) is 2. The van der Waals surface area contributed by atoms with E-state index in [0.29, 0.717) is 11.5 Å². The predicted octanol–water partition coefficient (Wildman–Crippen LogP) is 2.11. The number of benzene rings is 1. The molecule has 0 aliphatic heterocycles. The summed E-state index contributed by atoms with van der Waals surface area (Å²) in [5.74, 6) is -0.161. The Bertz CT molecular complexity index is 709. The molecule has 1 aromatic carbocycles. The summed E-state index contributed by atoms with van der Waals surface area (Å²) in [7, 11) is 1.55. The van der Waals surface area contributed by atoms with Crippen molar-refractivity contribution in [1.29, 1.82) is 0 Å². The summed E-state index contributed by atoms with van der Waals surface area (Å²) in [5, 5.41) is 11.5. The molecule has 0 spiro atoms. The number of amides is 1. The van der Waals surface area contributed by atoms with Gasteiger partial charge in [0, 0.05) is 0 Å². The minimum absolute atomic E-state index is 0.123. The van der Waals surface area contributed by atoms with Crippen LogP contribution in [0.15, 0.2) is 41.0 Å². The molecule has 0 radical (unpaired) electrons. The molecule has 0 saturated carbocycles. The summed E-state index contributed by atoms with van der Waals surface area (Å²) in [6.45, 7) is 2.05. The van der Waals surface area contributed by atoms with Crippen LogP contribution in [0, 0.1) is 0 Å². The largest absolute Gasteiger partial charge is 0.493 e. The van der Waals surface area contributed by atoms with Gasteiger partial charge < -0.3 is 24.3 Å². The first kappa shape index (κ1) is 17.4. The number of ether oxygens (including phenoxy) is 2. The van der Waals surface area contributed by atoms with Gasteiger partial charge in [0.2, 0.25) is 0 Å². The quantitative estimate of drug-likeness (QED) is 0.768. The normalized spacial score (nSPS) is 11.6. The Morgan fingerprint density at radius 1 is 1.25 bits per heavy atom. The van der Waals surface area contributed by atoms with E-state index in [2.05, 4.69) is 5.32 Å². The molecular formula is C17H19NO6. The lowest BCUT2D eigenvalue weighted by atomic mass is 10.2. The van der Waals surface area contributed by atoms with Gasteiger partial charge >= 0.3 is 5.97 Å². The average Bonchev–Trinajstić information content (AvgIpc) is 3.00. The second-order valence-electron chi connectivity index (χ2n) is 5.12. The van der Waals surface area contributed by atoms with Crippen molar-refractivity contribution in [3.05, 3.63) is 47.9 Å². The highest BCUT2D eigenvalue weighted by Gasteiger charge is 2.18. The van der Waals surface area contributed by atoms with Crippen LogP contribution in [0.3, 0.4) is 0 Å². The molecule has 7 nitrogen and oxygen atoms in total. The van der Waals surface area contributed by atoms with Crippen LogP contribution in [0.5, 0.6) is 11.5 Å². The Morgan fingerprint density at radius 3 is 2.62 bits per heavy atom. The van der Waals surface area contributed by atoms with Crippen molar-refractivity contribution in [2.45, 2.75) is 19.4 Å². The molecule has 7 heteroatoms. The van der Waals surface area contributed by atoms with Crippen molar-refractivity contribution in [2.75, 3.05) is 13.7 Å². The van der Waals surface area contributed by atoms with E-state index < -0.39 is 11.9 Å². The number of furan rings is 1. The first-order valence-corrected chi connectivity index (χ1v) is 7.37. The van der Waals surface area contributed by atoms with Crippen molar-refractivity contribution in [2.24, 2.45) is 0 Å². The van der Waals surface area contributed by atoms with Crippen molar-refractivity contribution in [3.8, 4) is 11.5 Å². The van der Waals surface area contributed by atoms with Crippen LogP contribution in [-0.4, -0.2) is 36.7 Å². The maximum atomic E-state index is 12.1. The maximum absolute atomic E-state index is 12.1. The number of rotatable bonds is 8. The molecule has 128 valence electrons. The van der Waals surface area contributed by atoms with Gasteiger partial charge in [-0.1, -0.05) is 12.1 Å². The number of carbonyl (C=O) groups excluding carboxylic acids is 1. The molecule has 1 heterocycles. The Balaban J connectivity index is 1.92. The summed E-state index contributed by atoms with van der Waals surface area (Å²) in [6.07, 6.45) is 0.644. The van der Waals surface area contributed by atoms with Crippen LogP contribution in [0.2, 0.25) is 0 Å². The average molecular weight is 333 g/mol. The van der Waals surface area contributed by atoms with E-state index in [4.69, 9.17) is 19.0 Å². The van der Waals surface area contributed by atoms with Crippen molar-refractivity contribution < 1.29 is 28.6 Å². The Hall–Kier alpha value is -2.96. The van der Waals surface area contributed by atoms with Crippen LogP contribution in [0.25, 0.3) is 0 Å². The third-order valence-electron chi connectivity index (χ3n) is 3.25. The van der Waals surface area contributed by atoms with Crippen molar-refractivity contribution in [1.82, 2.24) is 5.32 Å². The first-order valence-electron chi connectivity index (χ1n) is 7.37. The minimum Gasteiger partial charge on any atom is -0.493 e. The van der Waals surface area contributed by atoms with E-state index in [-0.39, 0.29) is 30.4 Å². The fraction of sp³-hybridized carbons (Fsp3) is 0.294. The standard InChI is InChI=1S/C17H19NO6/c1-11(24-14-6-4-3-5-13(14)22-2)10-18-17(21)12-7-8-23-15(12)9-16(19)20/h3-8,11H,9-10H2,1-2H3,(H,18,21)(H,19,20)/t11-/m1/s1. The monoisotopic (exact) mass is 333 g/mol. The number of methoxy groups -OCH3 is 1. The molecule has 2 N–H and O–H groups in total. The summed E-state index contributed by atoms with van der Waals surface area (Å²) < 4.78 is 16.0. The number of carboxylic acid groups (broad SMARTS) is 1. The fourth-order valence-electron chi connectivity index (χ4n) is 2.12. The zero-order valence-electron chi connectivity index (χ0n) is 13.4. The molecule has 1 aromatic heterocycles. The smallest absolute Gasteiger partial charge is 0.311 e. The molecule has 0 aliphatic carbocycles. The lowest BCUT2D eigenvalue weighted by Crippen LogP contribution is -2.34. The highest BCUT2D eigenvalue weighted by atomic mass is 16.5. The van der Waals surface area contributed by atoms with Gasteiger partial charge in [0.05, 0.1) is 25.5 Å². The van der Waals surface area contributed by atoms with Crippen LogP contribution in [0.1, 0.15) is 23.0 Å². The van der Waals surface area contributed by atoms with Crippen LogP contribution < -0.4 is 14.8 Å². The second-order valence-corrected chi connectivity index (χ2v) is 5.12. The number of aliphatic carboxylic acids is 1. The number of nitrogens with one attached hydrogen (secondary N) is 1. The molecule has 0 unspecified atom stereocenters. The van der Waals surface area contributed by atoms with E-state index >= 15 is 0 Å². The molecule has 24 heavy (non-hydrogen) atoms. The minimum atomic E-state index is -1.06. The van der Waals surface area contributed by atoms with Crippen LogP contribution >= 0.6 is 0 Å². The number of hydrogen-bond acceptors (Lipinski definition) is 5. The van der Waals surface area contributed by atoms with E-state index in [9.17, 15) is 9.59 Å². The molecular weight excluding hydrogens is 314 g/mol. The van der Waals surface area contributed by atoms with Gasteiger partial charge in [-0.15, -0.1) is 0 Å². The second kappa shape index (κ2) is 8.05. The molecule has 0 bridgehead atoms. The Morgan fingerprint density at radius 2 is 1.96 bits per heavy atom. The van der Waals surface area contributed by atoms with E-state index in [1.54, 1.807) is 26.2 Å². The topological polar surface area (TPSA) is 98.0 Å². The molecule has 2 aromatic rings. The Kier molecular flexibility index (Phi) is 5.83. The lowest BCUT2D eigenvalue weighted by Gasteiger charge is -2.17. The van der Waals surface area contributed by atoms with Crippen molar-refractivity contribution >= 4 is 11.9 Å². The highest BCUT2D eigenvalue weighted by molar-refractivity contribution is 5.96. The molecule has 0 fully saturated rings. The fourth-order valence-corrected chi connectivity index (χ4v) is 2.12. The summed E-state index contributed by atoms with van der Waals surface area (Å²) in [4.78, 5) is 22.9. The molecule has 2 rings (SSSR count). The Labute approximate surface area is 139 Å². The number of para-hydroxylation sites is 2. The number of carboxylic acids is 1. The van der Waals surface area contributed by atoms with Gasteiger partial charge in [-0.05, 0) is 25.1 Å². The summed E-state index contributed by atoms with van der Waals surface area (Å²) in [5.41, 5.74) is 0.210. The molecule has 0 saturated heterocycles. The first-order chi connectivity index (χ1) is 11.5. The van der Waals surface area contributed by atoms with Gasteiger partial charge in [0.1, 0.15) is 18.3 Å². The number of carbonyl (C=O) groups is 2. The third kappa shape index (κ3) is 4.52. The van der Waals surface area contributed by atoms with E-state index in [0.717, 1.165) is 0 Å². The van der Waals surface area contributed by atoms with Crippen LogP contribution in [0.4, 0.5) is 0 Å². The van der Waals surface area contributed by atoms with E-state index in [1.807, 2.05) is 12.1 Å². The lowest BCUT2D eigenvalue weighted by molar-refractivity contribution is -0.136. The van der Waals surface area contributed by atoms with Gasteiger partial charge in [-0.2, -0.15) is 0 Å². The van der Waals surface area contributed by atoms with Gasteiger partial charge in [0.25, 0.3) is 5.91 Å². The van der Waals surface area contributed by atoms with Gasteiger partial charge in [-0.25, -0.2) is 0 Å². The van der Waals surface area contributed by atoms with Crippen LogP contribution in [-0.2, 0) is 11.2 Å². The molecule has 0 aliphatic rings. The van der Waals surface area contributed by atoms with Crippen molar-refractivity contribution in [3.63, 3.8) is 0 Å². The van der Waals surface area contributed by atoms with Gasteiger partial charge in [0.15, 0.2) is 11.5 Å². The zero-order chi connectivity index (χ0) is 17.5. The molecule has 1 amide bonds. The van der Waals surface area contributed by atoms with Gasteiger partial charge in [-0.3, -0.25) is 9.59 Å². The highest BCUT2D eigenvalue weighted by Crippen LogP contribution is 2.26. The zero-order valence-corrected chi connectivity index (χ0v) is 13.4. The molecule has 1 atom stereocenters. The third-order valence-corrected chi connectivity index (χ3v) is 3.25. The SMILES string of the molecule is COc1ccccc1O[C@H](C)CNC(=O)c1ccoc1CC(=O)O. The van der Waals surface area contributed by atoms with E-state index in [1.165, 1.54) is 12.3 Å².